The number of aromatic nitrogens is 1. The van der Waals surface area contributed by atoms with Crippen molar-refractivity contribution in [2.75, 3.05) is 19.6 Å². The summed E-state index contributed by atoms with van der Waals surface area (Å²) in [5.74, 6) is 0.298. The Morgan fingerprint density at radius 2 is 1.83 bits per heavy atom. The molecule has 1 amide bonds. The maximum absolute atomic E-state index is 12.1. The molecule has 0 radical (unpaired) electrons. The fourth-order valence-corrected chi connectivity index (χ4v) is 1.97. The van der Waals surface area contributed by atoms with Gasteiger partial charge in [-0.3, -0.25) is 4.79 Å². The van der Waals surface area contributed by atoms with Gasteiger partial charge in [0.2, 0.25) is 0 Å². The summed E-state index contributed by atoms with van der Waals surface area (Å²) in [6.45, 7) is 6.39. The van der Waals surface area contributed by atoms with E-state index in [1.807, 2.05) is 31.2 Å². The molecule has 1 aromatic heterocycles. The standard InChI is InChI=1S/C16H21N3O2.2ClH/c1-3-8-17-9-10-18-16(20)14-15(21-11-19-14)13-6-4-12(2)5-7-13;;/h4-7,11,17H,3,8-10H2,1-2H3,(H,18,20);2*1H. The average Bonchev–Trinajstić information content (AvgIpc) is 2.97. The van der Waals surface area contributed by atoms with E-state index in [-0.39, 0.29) is 30.7 Å². The molecule has 128 valence electrons. The maximum atomic E-state index is 12.1. The predicted molar refractivity (Wildman–Crippen MR) is 96.7 cm³/mol. The van der Waals surface area contributed by atoms with Gasteiger partial charge in [0.05, 0.1) is 0 Å². The van der Waals surface area contributed by atoms with Crippen molar-refractivity contribution in [3.63, 3.8) is 0 Å². The van der Waals surface area contributed by atoms with Crippen LogP contribution in [0.2, 0.25) is 0 Å². The second-order valence-corrected chi connectivity index (χ2v) is 4.90. The van der Waals surface area contributed by atoms with Crippen LogP contribution in [-0.2, 0) is 0 Å². The lowest BCUT2D eigenvalue weighted by molar-refractivity contribution is 0.0950. The van der Waals surface area contributed by atoms with Crippen LogP contribution in [0.4, 0.5) is 0 Å². The van der Waals surface area contributed by atoms with Crippen molar-refractivity contribution >= 4 is 30.7 Å². The summed E-state index contributed by atoms with van der Waals surface area (Å²) in [5.41, 5.74) is 2.34. The van der Waals surface area contributed by atoms with E-state index in [4.69, 9.17) is 4.42 Å². The summed E-state index contributed by atoms with van der Waals surface area (Å²) in [6, 6.07) is 7.81. The Morgan fingerprint density at radius 3 is 2.48 bits per heavy atom. The summed E-state index contributed by atoms with van der Waals surface area (Å²) < 4.78 is 5.37. The smallest absolute Gasteiger partial charge is 0.273 e. The first-order valence-electron chi connectivity index (χ1n) is 7.21. The normalized spacial score (nSPS) is 9.65. The Bertz CT molecular complexity index is 585. The molecule has 1 aromatic carbocycles. The second kappa shape index (κ2) is 11.0. The summed E-state index contributed by atoms with van der Waals surface area (Å²) in [7, 11) is 0. The van der Waals surface area contributed by atoms with E-state index in [1.54, 1.807) is 0 Å². The van der Waals surface area contributed by atoms with Gasteiger partial charge in [-0.1, -0.05) is 36.8 Å². The molecule has 0 aliphatic heterocycles. The molecule has 2 N–H and O–H groups in total. The molecule has 0 aliphatic rings. The van der Waals surface area contributed by atoms with Crippen molar-refractivity contribution in [2.24, 2.45) is 0 Å². The average molecular weight is 360 g/mol. The van der Waals surface area contributed by atoms with Crippen molar-refractivity contribution in [1.29, 1.82) is 0 Å². The minimum Gasteiger partial charge on any atom is -0.443 e. The fourth-order valence-electron chi connectivity index (χ4n) is 1.97. The third-order valence-electron chi connectivity index (χ3n) is 3.11. The highest BCUT2D eigenvalue weighted by molar-refractivity contribution is 5.97. The fraction of sp³-hybridized carbons (Fsp3) is 0.375. The minimum absolute atomic E-state index is 0. The zero-order chi connectivity index (χ0) is 15.1. The van der Waals surface area contributed by atoms with Crippen LogP contribution >= 0.6 is 24.8 Å². The maximum Gasteiger partial charge on any atom is 0.273 e. The number of benzene rings is 1. The summed E-state index contributed by atoms with van der Waals surface area (Å²) >= 11 is 0. The van der Waals surface area contributed by atoms with Crippen molar-refractivity contribution in [3.8, 4) is 11.3 Å². The molecule has 2 rings (SSSR count). The van der Waals surface area contributed by atoms with Gasteiger partial charge in [0.1, 0.15) is 0 Å². The predicted octanol–water partition coefficient (Wildman–Crippen LogP) is 3.22. The van der Waals surface area contributed by atoms with Crippen LogP contribution in [0.5, 0.6) is 0 Å². The molecule has 0 saturated heterocycles. The summed E-state index contributed by atoms with van der Waals surface area (Å²) in [4.78, 5) is 16.2. The Labute approximate surface area is 149 Å². The molecule has 0 unspecified atom stereocenters. The Balaban J connectivity index is 0.00000242. The van der Waals surface area contributed by atoms with E-state index in [0.717, 1.165) is 30.6 Å². The molecule has 0 bridgehead atoms. The number of amides is 1. The number of nitrogens with one attached hydrogen (secondary N) is 2. The quantitative estimate of drug-likeness (QED) is 0.744. The number of oxazole rings is 1. The summed E-state index contributed by atoms with van der Waals surface area (Å²) in [6.07, 6.45) is 2.38. The largest absolute Gasteiger partial charge is 0.443 e. The number of halogens is 2. The molecule has 0 saturated carbocycles. The molecule has 0 atom stereocenters. The van der Waals surface area contributed by atoms with Gasteiger partial charge in [0.15, 0.2) is 17.8 Å². The molecule has 7 heteroatoms. The lowest BCUT2D eigenvalue weighted by atomic mass is 10.1. The first-order chi connectivity index (χ1) is 10.2. The van der Waals surface area contributed by atoms with Crippen LogP contribution in [0.1, 0.15) is 29.4 Å². The highest BCUT2D eigenvalue weighted by atomic mass is 35.5. The van der Waals surface area contributed by atoms with Gasteiger partial charge in [-0.05, 0) is 19.9 Å². The highest BCUT2D eigenvalue weighted by Crippen LogP contribution is 2.23. The number of rotatable bonds is 7. The van der Waals surface area contributed by atoms with Crippen molar-refractivity contribution < 1.29 is 9.21 Å². The molecular weight excluding hydrogens is 337 g/mol. The number of carbonyl (C=O) groups excluding carboxylic acids is 1. The molecule has 2 aromatic rings. The minimum atomic E-state index is -0.211. The molecule has 23 heavy (non-hydrogen) atoms. The van der Waals surface area contributed by atoms with E-state index in [9.17, 15) is 4.79 Å². The van der Waals surface area contributed by atoms with Crippen molar-refractivity contribution in [2.45, 2.75) is 20.3 Å². The molecule has 0 spiro atoms. The SMILES string of the molecule is CCCNCCNC(=O)c1ncoc1-c1ccc(C)cc1.Cl.Cl. The number of hydrogen-bond acceptors (Lipinski definition) is 4. The van der Waals surface area contributed by atoms with Crippen molar-refractivity contribution in [3.05, 3.63) is 41.9 Å². The van der Waals surface area contributed by atoms with Crippen molar-refractivity contribution in [1.82, 2.24) is 15.6 Å². The van der Waals surface area contributed by atoms with Gasteiger partial charge >= 0.3 is 0 Å². The first-order valence-corrected chi connectivity index (χ1v) is 7.21. The van der Waals surface area contributed by atoms with E-state index in [0.29, 0.717) is 18.0 Å². The second-order valence-electron chi connectivity index (χ2n) is 4.90. The molecule has 0 fully saturated rings. The zero-order valence-electron chi connectivity index (χ0n) is 13.3. The van der Waals surface area contributed by atoms with Gasteiger partial charge in [0.25, 0.3) is 5.91 Å². The molecule has 5 nitrogen and oxygen atoms in total. The zero-order valence-corrected chi connectivity index (χ0v) is 14.9. The van der Waals surface area contributed by atoms with Gasteiger partial charge in [0, 0.05) is 18.7 Å². The van der Waals surface area contributed by atoms with E-state index in [1.165, 1.54) is 6.39 Å². The van der Waals surface area contributed by atoms with Crippen LogP contribution < -0.4 is 10.6 Å². The van der Waals surface area contributed by atoms with Crippen LogP contribution in [0.25, 0.3) is 11.3 Å². The highest BCUT2D eigenvalue weighted by Gasteiger charge is 2.17. The summed E-state index contributed by atoms with van der Waals surface area (Å²) in [5, 5.41) is 6.07. The van der Waals surface area contributed by atoms with Crippen LogP contribution in [0, 0.1) is 6.92 Å². The lowest BCUT2D eigenvalue weighted by Gasteiger charge is -2.05. The third kappa shape index (κ3) is 6.22. The van der Waals surface area contributed by atoms with E-state index in [2.05, 4.69) is 22.5 Å². The van der Waals surface area contributed by atoms with Gasteiger partial charge < -0.3 is 15.1 Å². The number of hydrogen-bond donors (Lipinski definition) is 2. The Kier molecular flexibility index (Phi) is 10.3. The third-order valence-corrected chi connectivity index (χ3v) is 3.11. The number of nitrogens with zero attached hydrogens (tertiary/aromatic N) is 1. The van der Waals surface area contributed by atoms with E-state index < -0.39 is 0 Å². The van der Waals surface area contributed by atoms with Gasteiger partial charge in [-0.2, -0.15) is 0 Å². The number of aryl methyl sites for hydroxylation is 1. The Hall–Kier alpha value is -1.56. The van der Waals surface area contributed by atoms with Gasteiger partial charge in [-0.15, -0.1) is 24.8 Å². The molecule has 0 aliphatic carbocycles. The topological polar surface area (TPSA) is 67.2 Å². The Morgan fingerprint density at radius 1 is 1.13 bits per heavy atom. The van der Waals surface area contributed by atoms with Crippen LogP contribution in [-0.4, -0.2) is 30.5 Å². The molecular formula is C16H23Cl2N3O2. The monoisotopic (exact) mass is 359 g/mol. The van der Waals surface area contributed by atoms with Crippen LogP contribution in [0.15, 0.2) is 35.1 Å². The van der Waals surface area contributed by atoms with E-state index >= 15 is 0 Å². The number of carbonyl (C=O) groups is 1. The van der Waals surface area contributed by atoms with Gasteiger partial charge in [-0.25, -0.2) is 4.98 Å². The first kappa shape index (κ1) is 21.4. The van der Waals surface area contributed by atoms with Crippen LogP contribution in [0.3, 0.4) is 0 Å². The lowest BCUT2D eigenvalue weighted by Crippen LogP contribution is -2.32. The molecule has 1 heterocycles.